The number of hydrogen-bond acceptors (Lipinski definition) is 1. The Morgan fingerprint density at radius 1 is 1.55 bits per heavy atom. The van der Waals surface area contributed by atoms with Crippen LogP contribution in [-0.2, 0) is 0 Å². The molecule has 2 atom stereocenters. The molecule has 1 heterocycles. The van der Waals surface area contributed by atoms with E-state index in [1.165, 1.54) is 32.1 Å². The van der Waals surface area contributed by atoms with Crippen LogP contribution >= 0.6 is 0 Å². The summed E-state index contributed by atoms with van der Waals surface area (Å²) < 4.78 is 0. The first kappa shape index (κ1) is 8.79. The summed E-state index contributed by atoms with van der Waals surface area (Å²) in [4.78, 5) is 0. The molecule has 0 amide bonds. The van der Waals surface area contributed by atoms with E-state index in [0.29, 0.717) is 6.04 Å². The van der Waals surface area contributed by atoms with Crippen molar-refractivity contribution in [2.45, 2.75) is 51.1 Å². The number of piperidine rings is 1. The summed E-state index contributed by atoms with van der Waals surface area (Å²) in [6.07, 6.45) is 8.67. The van der Waals surface area contributed by atoms with Crippen LogP contribution in [-0.4, -0.2) is 12.1 Å². The van der Waals surface area contributed by atoms with Crippen LogP contribution in [0.4, 0.5) is 0 Å². The fourth-order valence-electron chi connectivity index (χ4n) is 1.82. The molecule has 0 aromatic carbocycles. The van der Waals surface area contributed by atoms with Gasteiger partial charge in [-0.05, 0) is 19.3 Å². The van der Waals surface area contributed by atoms with Gasteiger partial charge in [-0.15, -0.1) is 6.58 Å². The van der Waals surface area contributed by atoms with E-state index < -0.39 is 0 Å². The molecule has 0 aliphatic carbocycles. The molecule has 0 bridgehead atoms. The molecule has 1 N–H and O–H groups in total. The average Bonchev–Trinajstić information content (AvgIpc) is 2.06. The van der Waals surface area contributed by atoms with E-state index in [4.69, 9.17) is 0 Å². The summed E-state index contributed by atoms with van der Waals surface area (Å²) in [6, 6.07) is 1.34. The standard InChI is InChI=1S/C10H19N/c1-3-6-10-8-5-7-9(4-2)11-10/h4,9-11H,2-3,5-8H2,1H3. The van der Waals surface area contributed by atoms with E-state index in [-0.39, 0.29) is 0 Å². The largest absolute Gasteiger partial charge is 0.308 e. The molecule has 1 aliphatic heterocycles. The molecule has 0 spiro atoms. The van der Waals surface area contributed by atoms with Crippen molar-refractivity contribution in [1.29, 1.82) is 0 Å². The van der Waals surface area contributed by atoms with Crippen LogP contribution in [0.5, 0.6) is 0 Å². The lowest BCUT2D eigenvalue weighted by atomic mass is 9.96. The molecule has 1 aliphatic rings. The highest BCUT2D eigenvalue weighted by atomic mass is 15.0. The molecule has 1 heteroatoms. The molecule has 64 valence electrons. The fraction of sp³-hybridized carbons (Fsp3) is 0.800. The highest BCUT2D eigenvalue weighted by Gasteiger charge is 2.17. The minimum Gasteiger partial charge on any atom is -0.308 e. The van der Waals surface area contributed by atoms with Gasteiger partial charge in [-0.2, -0.15) is 0 Å². The Kier molecular flexibility index (Phi) is 3.64. The molecule has 1 fully saturated rings. The maximum atomic E-state index is 3.82. The van der Waals surface area contributed by atoms with Gasteiger partial charge >= 0.3 is 0 Å². The lowest BCUT2D eigenvalue weighted by Gasteiger charge is -2.28. The monoisotopic (exact) mass is 153 g/mol. The van der Waals surface area contributed by atoms with Crippen molar-refractivity contribution in [3.63, 3.8) is 0 Å². The van der Waals surface area contributed by atoms with Gasteiger partial charge in [0.15, 0.2) is 0 Å². The first-order chi connectivity index (χ1) is 5.36. The van der Waals surface area contributed by atoms with E-state index in [1.807, 2.05) is 6.08 Å². The molecule has 1 saturated heterocycles. The number of hydrogen-bond donors (Lipinski definition) is 1. The topological polar surface area (TPSA) is 12.0 Å². The van der Waals surface area contributed by atoms with Gasteiger partial charge in [0.2, 0.25) is 0 Å². The molecule has 0 aromatic heterocycles. The quantitative estimate of drug-likeness (QED) is 0.614. The minimum atomic E-state index is 0.584. The van der Waals surface area contributed by atoms with E-state index in [9.17, 15) is 0 Å². The molecule has 11 heavy (non-hydrogen) atoms. The molecular weight excluding hydrogens is 134 g/mol. The Balaban J connectivity index is 2.27. The van der Waals surface area contributed by atoms with Crippen LogP contribution in [0, 0.1) is 0 Å². The Morgan fingerprint density at radius 3 is 3.00 bits per heavy atom. The van der Waals surface area contributed by atoms with Gasteiger partial charge in [-0.25, -0.2) is 0 Å². The second-order valence-corrected chi connectivity index (χ2v) is 3.43. The SMILES string of the molecule is C=CC1CCCC(CCC)N1. The summed E-state index contributed by atoms with van der Waals surface area (Å²) in [5.41, 5.74) is 0. The summed E-state index contributed by atoms with van der Waals surface area (Å²) in [7, 11) is 0. The van der Waals surface area contributed by atoms with Crippen molar-refractivity contribution in [1.82, 2.24) is 5.32 Å². The van der Waals surface area contributed by atoms with E-state index >= 15 is 0 Å². The molecule has 0 radical (unpaired) electrons. The number of nitrogens with one attached hydrogen (secondary N) is 1. The van der Waals surface area contributed by atoms with E-state index in [2.05, 4.69) is 18.8 Å². The van der Waals surface area contributed by atoms with E-state index in [1.54, 1.807) is 0 Å². The lowest BCUT2D eigenvalue weighted by molar-refractivity contribution is 0.339. The van der Waals surface area contributed by atoms with Crippen LogP contribution in [0.15, 0.2) is 12.7 Å². The maximum Gasteiger partial charge on any atom is 0.0249 e. The molecule has 0 saturated carbocycles. The first-order valence-electron chi connectivity index (χ1n) is 4.75. The van der Waals surface area contributed by atoms with Gasteiger partial charge in [0.25, 0.3) is 0 Å². The Hall–Kier alpha value is -0.300. The zero-order valence-corrected chi connectivity index (χ0v) is 7.47. The first-order valence-corrected chi connectivity index (χ1v) is 4.75. The Bertz CT molecular complexity index is 118. The van der Waals surface area contributed by atoms with Crippen molar-refractivity contribution in [3.05, 3.63) is 12.7 Å². The summed E-state index contributed by atoms with van der Waals surface area (Å²) in [5.74, 6) is 0. The smallest absolute Gasteiger partial charge is 0.0249 e. The Labute approximate surface area is 69.9 Å². The minimum absolute atomic E-state index is 0.584. The van der Waals surface area contributed by atoms with Gasteiger partial charge in [0.1, 0.15) is 0 Å². The van der Waals surface area contributed by atoms with Crippen LogP contribution in [0.25, 0.3) is 0 Å². The Morgan fingerprint density at radius 2 is 2.36 bits per heavy atom. The van der Waals surface area contributed by atoms with Crippen molar-refractivity contribution >= 4 is 0 Å². The molecule has 1 nitrogen and oxygen atoms in total. The van der Waals surface area contributed by atoms with Crippen LogP contribution < -0.4 is 5.32 Å². The predicted molar refractivity (Wildman–Crippen MR) is 49.7 cm³/mol. The van der Waals surface area contributed by atoms with Crippen molar-refractivity contribution in [2.75, 3.05) is 0 Å². The van der Waals surface area contributed by atoms with Crippen LogP contribution in [0.3, 0.4) is 0 Å². The van der Waals surface area contributed by atoms with Gasteiger partial charge in [-0.1, -0.05) is 25.8 Å². The maximum absolute atomic E-state index is 3.82. The van der Waals surface area contributed by atoms with Gasteiger partial charge in [0.05, 0.1) is 0 Å². The van der Waals surface area contributed by atoms with Crippen LogP contribution in [0.2, 0.25) is 0 Å². The van der Waals surface area contributed by atoms with Crippen molar-refractivity contribution in [3.8, 4) is 0 Å². The second kappa shape index (κ2) is 4.55. The summed E-state index contributed by atoms with van der Waals surface area (Å²) in [6.45, 7) is 6.07. The zero-order chi connectivity index (χ0) is 8.10. The van der Waals surface area contributed by atoms with Gasteiger partial charge in [-0.3, -0.25) is 0 Å². The van der Waals surface area contributed by atoms with E-state index in [0.717, 1.165) is 6.04 Å². The molecular formula is C10H19N. The summed E-state index contributed by atoms with van der Waals surface area (Å²) >= 11 is 0. The number of rotatable bonds is 3. The fourth-order valence-corrected chi connectivity index (χ4v) is 1.82. The van der Waals surface area contributed by atoms with Gasteiger partial charge < -0.3 is 5.32 Å². The third-order valence-electron chi connectivity index (χ3n) is 2.44. The lowest BCUT2D eigenvalue weighted by Crippen LogP contribution is -2.40. The predicted octanol–water partition coefficient (Wildman–Crippen LogP) is 2.48. The zero-order valence-electron chi connectivity index (χ0n) is 7.47. The normalized spacial score (nSPS) is 31.7. The third-order valence-corrected chi connectivity index (χ3v) is 2.44. The highest BCUT2D eigenvalue weighted by Crippen LogP contribution is 2.16. The van der Waals surface area contributed by atoms with Gasteiger partial charge in [0, 0.05) is 12.1 Å². The van der Waals surface area contributed by atoms with Crippen molar-refractivity contribution < 1.29 is 0 Å². The third kappa shape index (κ3) is 2.66. The highest BCUT2D eigenvalue weighted by molar-refractivity contribution is 4.91. The van der Waals surface area contributed by atoms with Crippen molar-refractivity contribution in [2.24, 2.45) is 0 Å². The molecule has 1 rings (SSSR count). The molecule has 2 unspecified atom stereocenters. The molecule has 0 aromatic rings. The second-order valence-electron chi connectivity index (χ2n) is 3.43. The average molecular weight is 153 g/mol. The van der Waals surface area contributed by atoms with Crippen LogP contribution in [0.1, 0.15) is 39.0 Å². The summed E-state index contributed by atoms with van der Waals surface area (Å²) in [5, 5.41) is 3.59.